The van der Waals surface area contributed by atoms with Crippen LogP contribution in [-0.2, 0) is 11.2 Å². The Morgan fingerprint density at radius 1 is 1.00 bits per heavy atom. The Hall–Kier alpha value is -2.50. The molecule has 5 aliphatic rings. The van der Waals surface area contributed by atoms with Crippen LogP contribution in [0, 0.1) is 40.9 Å². The number of morpholine rings is 1. The topological polar surface area (TPSA) is 77.2 Å². The number of terminal acetylenes is 1. The Morgan fingerprint density at radius 2 is 1.68 bits per heavy atom. The minimum Gasteiger partial charge on any atom is -0.494 e. The zero-order valence-electron chi connectivity index (χ0n) is 28.7. The minimum absolute atomic E-state index is 0. The van der Waals surface area contributed by atoms with E-state index in [1.807, 2.05) is 30.5 Å². The molecule has 258 valence electrons. The fourth-order valence-electron chi connectivity index (χ4n) is 9.41. The highest BCUT2D eigenvalue weighted by atomic mass is 35.5. The van der Waals surface area contributed by atoms with E-state index in [1.165, 1.54) is 12.0 Å². The number of unbranched alkanes of at least 4 members (excludes halogenated alkanes) is 1. The molecule has 4 aliphatic carbocycles. The minimum atomic E-state index is -0.909. The summed E-state index contributed by atoms with van der Waals surface area (Å²) in [7, 11) is 0. The summed E-state index contributed by atoms with van der Waals surface area (Å²) in [6.45, 7) is 13.3. The number of aromatic nitrogens is 1. The zero-order valence-corrected chi connectivity index (χ0v) is 29.5. The maximum absolute atomic E-state index is 11.1. The molecule has 7 rings (SSSR count). The van der Waals surface area contributed by atoms with E-state index in [4.69, 9.17) is 25.2 Å². The molecule has 0 radical (unpaired) electrons. The molecule has 6 atom stereocenters. The van der Waals surface area contributed by atoms with Crippen molar-refractivity contribution >= 4 is 18.5 Å². The molecule has 0 amide bonds. The number of benzene rings is 1. The first-order valence-corrected chi connectivity index (χ1v) is 17.8. The predicted molar refractivity (Wildman–Crippen MR) is 188 cm³/mol. The average Bonchev–Trinajstić information content (AvgIpc) is 3.64. The Balaban J connectivity index is 0.000000184. The van der Waals surface area contributed by atoms with Crippen molar-refractivity contribution < 1.29 is 23.8 Å². The van der Waals surface area contributed by atoms with Gasteiger partial charge in [-0.05, 0) is 111 Å². The van der Waals surface area contributed by atoms with Gasteiger partial charge in [0.15, 0.2) is 5.76 Å². The van der Waals surface area contributed by atoms with Crippen LogP contribution in [-0.4, -0.2) is 66.8 Å². The van der Waals surface area contributed by atoms with Crippen LogP contribution in [0.4, 0.5) is 0 Å². The van der Waals surface area contributed by atoms with E-state index in [1.54, 1.807) is 5.57 Å². The van der Waals surface area contributed by atoms with E-state index >= 15 is 0 Å². The lowest BCUT2D eigenvalue weighted by Gasteiger charge is -2.58. The quantitative estimate of drug-likeness (QED) is 0.218. The van der Waals surface area contributed by atoms with E-state index in [2.05, 4.69) is 42.8 Å². The molecule has 4 fully saturated rings. The van der Waals surface area contributed by atoms with Crippen LogP contribution in [0.25, 0.3) is 6.08 Å². The first kappa shape index (κ1) is 35.8. The number of rotatable bonds is 9. The van der Waals surface area contributed by atoms with Crippen molar-refractivity contribution in [2.45, 2.75) is 90.6 Å². The first-order chi connectivity index (χ1) is 22.3. The molecule has 7 nitrogen and oxygen atoms in total. The molecule has 1 aliphatic heterocycles. The summed E-state index contributed by atoms with van der Waals surface area (Å²) in [5.74, 6) is 7.47. The fourth-order valence-corrected chi connectivity index (χ4v) is 9.41. The molecule has 2 aromatic rings. The van der Waals surface area contributed by atoms with Crippen molar-refractivity contribution in [3.05, 3.63) is 47.4 Å². The first-order valence-electron chi connectivity index (χ1n) is 17.8. The van der Waals surface area contributed by atoms with Gasteiger partial charge in [0.2, 0.25) is 0 Å². The molecule has 3 saturated carbocycles. The lowest BCUT2D eigenvalue weighted by molar-refractivity contribution is -0.0975. The third-order valence-electron chi connectivity index (χ3n) is 12.2. The molecule has 1 saturated heterocycles. The van der Waals surface area contributed by atoms with Crippen molar-refractivity contribution in [2.75, 3.05) is 46.1 Å². The van der Waals surface area contributed by atoms with Crippen LogP contribution in [0.15, 0.2) is 40.6 Å². The Bertz CT molecular complexity index is 1380. The van der Waals surface area contributed by atoms with E-state index in [-0.39, 0.29) is 23.2 Å². The molecule has 1 aromatic carbocycles. The second-order valence-corrected chi connectivity index (χ2v) is 14.7. The highest BCUT2D eigenvalue weighted by molar-refractivity contribution is 5.85. The van der Waals surface area contributed by atoms with Crippen molar-refractivity contribution in [3.8, 4) is 23.8 Å². The van der Waals surface area contributed by atoms with Gasteiger partial charge in [-0.2, -0.15) is 0 Å². The molecule has 1 N–H and O–H groups in total. The van der Waals surface area contributed by atoms with Crippen LogP contribution in [0.5, 0.6) is 11.5 Å². The smallest absolute Gasteiger partial charge is 0.162 e. The second-order valence-electron chi connectivity index (χ2n) is 14.7. The Morgan fingerprint density at radius 3 is 2.36 bits per heavy atom. The van der Waals surface area contributed by atoms with Gasteiger partial charge in [0.05, 0.1) is 32.6 Å². The highest BCUT2D eigenvalue weighted by Crippen LogP contribution is 2.67. The number of ether oxygens (including phenoxy) is 3. The Labute approximate surface area is 288 Å². The molecule has 2 heterocycles. The molecule has 0 spiro atoms. The van der Waals surface area contributed by atoms with Crippen molar-refractivity contribution in [2.24, 2.45) is 28.6 Å². The predicted octanol–water partition coefficient (Wildman–Crippen LogP) is 7.61. The molecule has 47 heavy (non-hydrogen) atoms. The van der Waals surface area contributed by atoms with Gasteiger partial charge in [-0.1, -0.05) is 43.8 Å². The number of hydrogen-bond donors (Lipinski definition) is 1. The monoisotopic (exact) mass is 666 g/mol. The summed E-state index contributed by atoms with van der Waals surface area (Å²) in [4.78, 5) is 2.43. The van der Waals surface area contributed by atoms with E-state index < -0.39 is 5.60 Å². The third kappa shape index (κ3) is 7.27. The van der Waals surface area contributed by atoms with Gasteiger partial charge >= 0.3 is 0 Å². The molecule has 8 heteroatoms. The summed E-state index contributed by atoms with van der Waals surface area (Å²) in [6, 6.07) is 7.92. The Kier molecular flexibility index (Phi) is 11.7. The van der Waals surface area contributed by atoms with Gasteiger partial charge < -0.3 is 23.8 Å². The second kappa shape index (κ2) is 15.4. The summed E-state index contributed by atoms with van der Waals surface area (Å²) < 4.78 is 22.2. The molecule has 6 unspecified atom stereocenters. The summed E-state index contributed by atoms with van der Waals surface area (Å²) in [5, 5.41) is 15.1. The van der Waals surface area contributed by atoms with Crippen LogP contribution in [0.1, 0.15) is 89.9 Å². The fraction of sp³-hybridized carbons (Fsp3) is 0.667. The lowest BCUT2D eigenvalue weighted by atomic mass is 9.46. The summed E-state index contributed by atoms with van der Waals surface area (Å²) in [6.07, 6.45) is 20.7. The van der Waals surface area contributed by atoms with Crippen molar-refractivity contribution in [1.29, 1.82) is 0 Å². The number of halogens is 1. The molecule has 1 aromatic heterocycles. The number of hydrogen-bond acceptors (Lipinski definition) is 7. The van der Waals surface area contributed by atoms with Crippen molar-refractivity contribution in [3.63, 3.8) is 0 Å². The maximum Gasteiger partial charge on any atom is 0.162 e. The van der Waals surface area contributed by atoms with Gasteiger partial charge in [0.25, 0.3) is 0 Å². The van der Waals surface area contributed by atoms with Gasteiger partial charge in [-0.3, -0.25) is 4.90 Å². The van der Waals surface area contributed by atoms with E-state index in [0.29, 0.717) is 17.8 Å². The number of nitrogens with zero attached hydrogens (tertiary/aromatic N) is 2. The van der Waals surface area contributed by atoms with Crippen LogP contribution in [0.3, 0.4) is 0 Å². The molecule has 0 bridgehead atoms. The number of allylic oxidation sites excluding steroid dienone is 1. The van der Waals surface area contributed by atoms with Crippen molar-refractivity contribution in [1.82, 2.24) is 10.1 Å². The summed E-state index contributed by atoms with van der Waals surface area (Å²) >= 11 is 0. The number of aliphatic hydroxyl groups is 1. The summed E-state index contributed by atoms with van der Waals surface area (Å²) in [5.41, 5.74) is 1.99. The largest absolute Gasteiger partial charge is 0.494 e. The maximum atomic E-state index is 11.1. The van der Waals surface area contributed by atoms with Gasteiger partial charge in [0.1, 0.15) is 17.1 Å². The highest BCUT2D eigenvalue weighted by Gasteiger charge is 2.63. The van der Waals surface area contributed by atoms with E-state index in [0.717, 1.165) is 121 Å². The van der Waals surface area contributed by atoms with E-state index in [9.17, 15) is 5.11 Å². The van der Waals surface area contributed by atoms with Crippen LogP contribution in [0.2, 0.25) is 0 Å². The third-order valence-corrected chi connectivity index (χ3v) is 12.2. The van der Waals surface area contributed by atoms with Gasteiger partial charge in [0, 0.05) is 30.6 Å². The average molecular weight is 667 g/mol. The normalized spacial score (nSPS) is 32.5. The van der Waals surface area contributed by atoms with Gasteiger partial charge in [-0.25, -0.2) is 0 Å². The number of fused-ring (bicyclic) bond motifs is 6. The SMILES string of the molecule is C#CC1(O)CCC2C3CCC4=Cc5oncc5CC4(C)C3CCC21C.CCCCOc1ccc(OCCCN2CCOCC2)cc1.Cl. The standard InChI is InChI=1S/C22H27NO2.C17H27NO3.ClH/c1-4-22(24)10-8-18-16-6-5-15-11-19-14(13-23-25-19)12-20(15,2)17(16)7-9-21(18,22)3;1-2-3-12-20-16-5-7-17(8-6-16)21-13-4-9-18-10-14-19-15-11-18;/h1,11,13,16-18,24H,5-10,12H2,2-3H3;5-8H,2-4,9-15H2,1H3;1H. The molecular formula is C39H55ClN2O5. The van der Waals surface area contributed by atoms with Gasteiger partial charge in [-0.15, -0.1) is 18.8 Å². The lowest BCUT2D eigenvalue weighted by Crippen LogP contribution is -2.54. The molecular weight excluding hydrogens is 612 g/mol. The van der Waals surface area contributed by atoms with Crippen LogP contribution < -0.4 is 9.47 Å². The van der Waals surface area contributed by atoms with Crippen LogP contribution >= 0.6 is 12.4 Å². The zero-order chi connectivity index (χ0) is 32.2.